The largest absolute Gasteiger partial charge is 0.356 e. The third kappa shape index (κ3) is 6.47. The van der Waals surface area contributed by atoms with E-state index < -0.39 is 0 Å². The van der Waals surface area contributed by atoms with Gasteiger partial charge in [-0.25, -0.2) is 4.98 Å². The molecule has 134 valence electrons. The number of aromatic nitrogens is 1. The van der Waals surface area contributed by atoms with Crippen LogP contribution in [0.4, 0.5) is 5.69 Å². The van der Waals surface area contributed by atoms with Gasteiger partial charge in [-0.3, -0.25) is 9.79 Å². The zero-order chi connectivity index (χ0) is 18.2. The van der Waals surface area contributed by atoms with Crippen LogP contribution in [0.15, 0.2) is 33.9 Å². The number of aryl methyl sites for hydroxylation is 2. The number of anilines is 1. The fourth-order valence-corrected chi connectivity index (χ4v) is 3.26. The second-order valence-electron chi connectivity index (χ2n) is 5.47. The zero-order valence-electron chi connectivity index (χ0n) is 14.5. The molecule has 1 aromatic carbocycles. The van der Waals surface area contributed by atoms with E-state index in [2.05, 4.69) is 41.9 Å². The molecule has 3 N–H and O–H groups in total. The Bertz CT molecular complexity index is 759. The first kappa shape index (κ1) is 19.4. The first-order valence-electron chi connectivity index (χ1n) is 7.89. The van der Waals surface area contributed by atoms with Crippen molar-refractivity contribution in [3.63, 3.8) is 0 Å². The monoisotopic (exact) mass is 423 g/mol. The second kappa shape index (κ2) is 9.53. The van der Waals surface area contributed by atoms with Gasteiger partial charge >= 0.3 is 0 Å². The molecule has 0 saturated carbocycles. The van der Waals surface area contributed by atoms with Crippen molar-refractivity contribution < 1.29 is 4.79 Å². The lowest BCUT2D eigenvalue weighted by molar-refractivity contribution is -0.115. The third-order valence-electron chi connectivity index (χ3n) is 3.41. The summed E-state index contributed by atoms with van der Waals surface area (Å²) in [6.45, 7) is 4.85. The Morgan fingerprint density at radius 3 is 2.80 bits per heavy atom. The first-order chi connectivity index (χ1) is 12.0. The second-order valence-corrected chi connectivity index (χ2v) is 7.71. The Balaban J connectivity index is 1.76. The van der Waals surface area contributed by atoms with Crippen molar-refractivity contribution in [1.82, 2.24) is 15.6 Å². The summed E-state index contributed by atoms with van der Waals surface area (Å²) in [6, 6.07) is 5.78. The van der Waals surface area contributed by atoms with Gasteiger partial charge in [-0.2, -0.15) is 0 Å². The minimum atomic E-state index is -0.125. The number of thiazole rings is 1. The van der Waals surface area contributed by atoms with Gasteiger partial charge in [0.15, 0.2) is 5.96 Å². The highest BCUT2D eigenvalue weighted by Crippen LogP contribution is 2.20. The molecule has 0 unspecified atom stereocenters. The molecule has 0 aliphatic heterocycles. The van der Waals surface area contributed by atoms with Crippen LogP contribution in [-0.4, -0.2) is 37.0 Å². The molecule has 8 heteroatoms. The molecular formula is C17H22BrN5OS. The van der Waals surface area contributed by atoms with Crippen LogP contribution in [0.2, 0.25) is 0 Å². The zero-order valence-corrected chi connectivity index (χ0v) is 16.9. The van der Waals surface area contributed by atoms with E-state index >= 15 is 0 Å². The fraction of sp³-hybridized carbons (Fsp3) is 0.353. The maximum Gasteiger partial charge on any atom is 0.243 e. The van der Waals surface area contributed by atoms with Crippen molar-refractivity contribution in [3.8, 4) is 0 Å². The summed E-state index contributed by atoms with van der Waals surface area (Å²) >= 11 is 5.10. The fourth-order valence-electron chi connectivity index (χ4n) is 2.11. The van der Waals surface area contributed by atoms with Crippen LogP contribution >= 0.6 is 27.3 Å². The average Bonchev–Trinajstić information content (AvgIpc) is 2.99. The Labute approximate surface area is 160 Å². The molecule has 2 aromatic rings. The number of hydrogen-bond donors (Lipinski definition) is 3. The Hall–Kier alpha value is -1.93. The van der Waals surface area contributed by atoms with E-state index in [4.69, 9.17) is 0 Å². The molecule has 6 nitrogen and oxygen atoms in total. The van der Waals surface area contributed by atoms with Crippen LogP contribution in [0.1, 0.15) is 15.4 Å². The van der Waals surface area contributed by atoms with Crippen LogP contribution < -0.4 is 16.0 Å². The number of hydrogen-bond acceptors (Lipinski definition) is 4. The topological polar surface area (TPSA) is 78.4 Å². The van der Waals surface area contributed by atoms with Crippen LogP contribution in [-0.2, 0) is 11.2 Å². The molecule has 0 aliphatic rings. The van der Waals surface area contributed by atoms with Crippen LogP contribution in [0.3, 0.4) is 0 Å². The van der Waals surface area contributed by atoms with E-state index in [1.807, 2.05) is 38.2 Å². The molecule has 0 fully saturated rings. The van der Waals surface area contributed by atoms with E-state index in [0.29, 0.717) is 12.5 Å². The molecule has 0 aliphatic carbocycles. The molecule has 0 saturated heterocycles. The van der Waals surface area contributed by atoms with Gasteiger partial charge in [0.05, 0.1) is 11.6 Å². The Kier molecular flexibility index (Phi) is 7.39. The number of nitrogens with one attached hydrogen (secondary N) is 3. The molecule has 2 rings (SSSR count). The molecule has 1 aromatic heterocycles. The number of carbonyl (C=O) groups is 1. The van der Waals surface area contributed by atoms with Gasteiger partial charge < -0.3 is 16.0 Å². The number of rotatable bonds is 6. The van der Waals surface area contributed by atoms with Crippen molar-refractivity contribution in [1.29, 1.82) is 0 Å². The highest BCUT2D eigenvalue weighted by atomic mass is 79.9. The van der Waals surface area contributed by atoms with Gasteiger partial charge in [-0.1, -0.05) is 22.0 Å². The van der Waals surface area contributed by atoms with Crippen molar-refractivity contribution in [2.75, 3.05) is 25.5 Å². The quantitative estimate of drug-likeness (QED) is 0.492. The lowest BCUT2D eigenvalue weighted by Crippen LogP contribution is -2.42. The van der Waals surface area contributed by atoms with Gasteiger partial charge in [0.25, 0.3) is 0 Å². The molecule has 0 atom stereocenters. The predicted octanol–water partition coefficient (Wildman–Crippen LogP) is 2.87. The van der Waals surface area contributed by atoms with Crippen molar-refractivity contribution in [3.05, 3.63) is 44.3 Å². The number of halogens is 1. The molecule has 1 amide bonds. The normalized spacial score (nSPS) is 11.3. The van der Waals surface area contributed by atoms with Gasteiger partial charge in [0, 0.05) is 41.2 Å². The van der Waals surface area contributed by atoms with Crippen LogP contribution in [0.25, 0.3) is 0 Å². The molecule has 1 heterocycles. The molecular weight excluding hydrogens is 402 g/mol. The number of nitrogens with zero attached hydrogens (tertiary/aromatic N) is 2. The summed E-state index contributed by atoms with van der Waals surface area (Å²) < 4.78 is 0.927. The maximum absolute atomic E-state index is 12.1. The van der Waals surface area contributed by atoms with E-state index in [1.54, 1.807) is 18.4 Å². The first-order valence-corrected chi connectivity index (χ1v) is 9.50. The molecule has 0 radical (unpaired) electrons. The number of benzene rings is 1. The van der Waals surface area contributed by atoms with Gasteiger partial charge in [-0.15, -0.1) is 11.3 Å². The summed E-state index contributed by atoms with van der Waals surface area (Å²) in [6.07, 6.45) is 2.70. The van der Waals surface area contributed by atoms with Crippen LogP contribution in [0, 0.1) is 13.8 Å². The summed E-state index contributed by atoms with van der Waals surface area (Å²) in [5, 5.41) is 10.2. The Morgan fingerprint density at radius 2 is 2.12 bits per heavy atom. The highest BCUT2D eigenvalue weighted by molar-refractivity contribution is 9.10. The van der Waals surface area contributed by atoms with E-state index in [1.165, 1.54) is 4.88 Å². The minimum Gasteiger partial charge on any atom is -0.356 e. The number of guanidine groups is 1. The SMILES string of the molecule is CN=C(NCCc1ncc(C)s1)NCC(=O)Nc1cc(Br)ccc1C. The van der Waals surface area contributed by atoms with E-state index in [9.17, 15) is 4.79 Å². The van der Waals surface area contributed by atoms with Crippen molar-refractivity contribution in [2.45, 2.75) is 20.3 Å². The third-order valence-corrected chi connectivity index (χ3v) is 4.88. The van der Waals surface area contributed by atoms with Gasteiger partial charge in [-0.05, 0) is 31.5 Å². The van der Waals surface area contributed by atoms with Gasteiger partial charge in [0.2, 0.25) is 5.91 Å². The smallest absolute Gasteiger partial charge is 0.243 e. The average molecular weight is 424 g/mol. The van der Waals surface area contributed by atoms with Crippen molar-refractivity contribution in [2.24, 2.45) is 4.99 Å². The van der Waals surface area contributed by atoms with Crippen LogP contribution in [0.5, 0.6) is 0 Å². The summed E-state index contributed by atoms with van der Waals surface area (Å²) in [7, 11) is 1.68. The molecule has 25 heavy (non-hydrogen) atoms. The highest BCUT2D eigenvalue weighted by Gasteiger charge is 2.07. The standard InChI is InChI=1S/C17H22BrN5OS/c1-11-4-5-13(18)8-14(11)23-15(24)10-22-17(19-3)20-7-6-16-21-9-12(2)25-16/h4-5,8-9H,6-7,10H2,1-3H3,(H,23,24)(H2,19,20,22). The molecule has 0 spiro atoms. The minimum absolute atomic E-state index is 0.125. The number of carbonyl (C=O) groups excluding carboxylic acids is 1. The maximum atomic E-state index is 12.1. The summed E-state index contributed by atoms with van der Waals surface area (Å²) in [4.78, 5) is 21.8. The lowest BCUT2D eigenvalue weighted by atomic mass is 10.2. The number of aliphatic imine (C=N–C) groups is 1. The lowest BCUT2D eigenvalue weighted by Gasteiger charge is -2.12. The van der Waals surface area contributed by atoms with Crippen molar-refractivity contribution >= 4 is 44.8 Å². The van der Waals surface area contributed by atoms with E-state index in [-0.39, 0.29) is 12.5 Å². The van der Waals surface area contributed by atoms with E-state index in [0.717, 1.165) is 27.2 Å². The summed E-state index contributed by atoms with van der Waals surface area (Å²) in [5.74, 6) is 0.467. The predicted molar refractivity (Wildman–Crippen MR) is 107 cm³/mol. The Morgan fingerprint density at radius 1 is 1.32 bits per heavy atom. The number of amides is 1. The van der Waals surface area contributed by atoms with Gasteiger partial charge in [0.1, 0.15) is 0 Å². The summed E-state index contributed by atoms with van der Waals surface area (Å²) in [5.41, 5.74) is 1.81. The molecule has 0 bridgehead atoms.